The maximum absolute atomic E-state index is 12.9. The van der Waals surface area contributed by atoms with Crippen LogP contribution in [0.2, 0.25) is 0 Å². The number of aromatic nitrogens is 3. The average Bonchev–Trinajstić information content (AvgIpc) is 3.19. The normalized spacial score (nSPS) is 17.6. The van der Waals surface area contributed by atoms with Gasteiger partial charge in [0.2, 0.25) is 0 Å². The van der Waals surface area contributed by atoms with Crippen LogP contribution in [0.25, 0.3) is 0 Å². The van der Waals surface area contributed by atoms with E-state index in [1.807, 2.05) is 0 Å². The molecule has 0 spiro atoms. The van der Waals surface area contributed by atoms with Gasteiger partial charge in [-0.15, -0.1) is 5.10 Å². The number of hydrogen-bond acceptors (Lipinski definition) is 4. The Hall–Kier alpha value is -2.28. The van der Waals surface area contributed by atoms with Gasteiger partial charge in [0, 0.05) is 13.2 Å². The van der Waals surface area contributed by atoms with Crippen molar-refractivity contribution in [3.8, 4) is 0 Å². The van der Waals surface area contributed by atoms with E-state index in [4.69, 9.17) is 4.74 Å². The van der Waals surface area contributed by atoms with E-state index in [-0.39, 0.29) is 23.5 Å². The molecule has 1 amide bonds. The summed E-state index contributed by atoms with van der Waals surface area (Å²) < 4.78 is 19.8. The van der Waals surface area contributed by atoms with Gasteiger partial charge < -0.3 is 10.1 Å². The molecule has 1 atom stereocenters. The molecule has 7 heteroatoms. The Morgan fingerprint density at radius 3 is 2.95 bits per heavy atom. The molecule has 1 saturated heterocycles. The third-order valence-electron chi connectivity index (χ3n) is 3.54. The van der Waals surface area contributed by atoms with Crippen LogP contribution in [0.4, 0.5) is 4.39 Å². The molecule has 1 fully saturated rings. The van der Waals surface area contributed by atoms with Crippen molar-refractivity contribution in [1.29, 1.82) is 0 Å². The smallest absolute Gasteiger partial charge is 0.273 e. The number of benzene rings is 1. The first-order valence-corrected chi connectivity index (χ1v) is 7.25. The van der Waals surface area contributed by atoms with E-state index >= 15 is 0 Å². The quantitative estimate of drug-likeness (QED) is 0.906. The summed E-state index contributed by atoms with van der Waals surface area (Å²) in [7, 11) is 0. The van der Waals surface area contributed by atoms with Crippen molar-refractivity contribution in [3.63, 3.8) is 0 Å². The summed E-state index contributed by atoms with van der Waals surface area (Å²) in [5.74, 6) is -0.544. The van der Waals surface area contributed by atoms with Gasteiger partial charge in [0.25, 0.3) is 5.91 Å². The topological polar surface area (TPSA) is 69.0 Å². The van der Waals surface area contributed by atoms with Crippen LogP contribution >= 0.6 is 0 Å². The number of amides is 1. The number of halogens is 1. The van der Waals surface area contributed by atoms with Gasteiger partial charge in [0.1, 0.15) is 5.82 Å². The van der Waals surface area contributed by atoms with Crippen molar-refractivity contribution in [3.05, 3.63) is 47.5 Å². The molecule has 22 heavy (non-hydrogen) atoms. The molecule has 0 saturated carbocycles. The molecule has 1 aliphatic heterocycles. The number of ether oxygens (including phenoxy) is 1. The fraction of sp³-hybridized carbons (Fsp3) is 0.400. The molecule has 2 heterocycles. The summed E-state index contributed by atoms with van der Waals surface area (Å²) in [6.07, 6.45) is 3.68. The van der Waals surface area contributed by atoms with Gasteiger partial charge in [-0.25, -0.2) is 9.07 Å². The van der Waals surface area contributed by atoms with Gasteiger partial charge in [-0.1, -0.05) is 17.3 Å². The summed E-state index contributed by atoms with van der Waals surface area (Å²) >= 11 is 0. The van der Waals surface area contributed by atoms with E-state index in [9.17, 15) is 9.18 Å². The Balaban J connectivity index is 1.55. The maximum atomic E-state index is 12.9. The van der Waals surface area contributed by atoms with Crippen LogP contribution in [0.3, 0.4) is 0 Å². The fourth-order valence-electron chi connectivity index (χ4n) is 2.36. The first-order chi connectivity index (χ1) is 10.7. The highest BCUT2D eigenvalue weighted by molar-refractivity contribution is 5.91. The van der Waals surface area contributed by atoms with Gasteiger partial charge in [0.05, 0.1) is 18.8 Å². The van der Waals surface area contributed by atoms with Gasteiger partial charge in [-0.3, -0.25) is 4.79 Å². The molecule has 1 aromatic heterocycles. The fourth-order valence-corrected chi connectivity index (χ4v) is 2.36. The lowest BCUT2D eigenvalue weighted by Gasteiger charge is -2.09. The molecule has 1 aromatic carbocycles. The Kier molecular flexibility index (Phi) is 4.43. The average molecular weight is 304 g/mol. The summed E-state index contributed by atoms with van der Waals surface area (Å²) in [6, 6.07) is 6.13. The van der Waals surface area contributed by atoms with Gasteiger partial charge in [-0.2, -0.15) is 0 Å². The van der Waals surface area contributed by atoms with Crippen LogP contribution in [-0.2, 0) is 11.3 Å². The SMILES string of the molecule is O=C(NCC1CCCO1)c1cn(Cc2ccc(F)cc2)nn1. The summed E-state index contributed by atoms with van der Waals surface area (Å²) in [5, 5.41) is 10.6. The molecule has 1 N–H and O–H groups in total. The van der Waals surface area contributed by atoms with E-state index in [0.717, 1.165) is 25.0 Å². The number of hydrogen-bond donors (Lipinski definition) is 1. The highest BCUT2D eigenvalue weighted by atomic mass is 19.1. The minimum absolute atomic E-state index is 0.0956. The zero-order valence-corrected chi connectivity index (χ0v) is 12.0. The zero-order chi connectivity index (χ0) is 15.4. The molecule has 1 aliphatic rings. The van der Waals surface area contributed by atoms with Crippen LogP contribution in [0, 0.1) is 5.82 Å². The minimum Gasteiger partial charge on any atom is -0.376 e. The number of rotatable bonds is 5. The highest BCUT2D eigenvalue weighted by Crippen LogP contribution is 2.10. The second-order valence-corrected chi connectivity index (χ2v) is 5.27. The Bertz CT molecular complexity index is 635. The Morgan fingerprint density at radius 1 is 1.41 bits per heavy atom. The van der Waals surface area contributed by atoms with Crippen LogP contribution in [0.15, 0.2) is 30.5 Å². The second kappa shape index (κ2) is 6.65. The van der Waals surface area contributed by atoms with E-state index in [0.29, 0.717) is 13.1 Å². The number of nitrogens with zero attached hydrogens (tertiary/aromatic N) is 3. The summed E-state index contributed by atoms with van der Waals surface area (Å²) in [4.78, 5) is 12.0. The van der Waals surface area contributed by atoms with Gasteiger partial charge >= 0.3 is 0 Å². The van der Waals surface area contributed by atoms with Gasteiger partial charge in [-0.05, 0) is 30.5 Å². The predicted octanol–water partition coefficient (Wildman–Crippen LogP) is 1.37. The number of carbonyl (C=O) groups is 1. The molecule has 2 aromatic rings. The predicted molar refractivity (Wildman–Crippen MR) is 76.8 cm³/mol. The number of nitrogens with one attached hydrogen (secondary N) is 1. The van der Waals surface area contributed by atoms with Crippen molar-refractivity contribution < 1.29 is 13.9 Å². The van der Waals surface area contributed by atoms with Crippen LogP contribution < -0.4 is 5.32 Å². The first kappa shape index (κ1) is 14.6. The van der Waals surface area contributed by atoms with E-state index in [1.165, 1.54) is 12.1 Å². The molecule has 0 bridgehead atoms. The molecule has 3 rings (SSSR count). The molecular formula is C15H17FN4O2. The third-order valence-corrected chi connectivity index (χ3v) is 3.54. The summed E-state index contributed by atoms with van der Waals surface area (Å²) in [5.41, 5.74) is 1.15. The summed E-state index contributed by atoms with van der Waals surface area (Å²) in [6.45, 7) is 1.68. The number of carbonyl (C=O) groups excluding carboxylic acids is 1. The molecule has 6 nitrogen and oxygen atoms in total. The second-order valence-electron chi connectivity index (χ2n) is 5.27. The van der Waals surface area contributed by atoms with Crippen molar-refractivity contribution in [2.24, 2.45) is 0 Å². The monoisotopic (exact) mass is 304 g/mol. The van der Waals surface area contributed by atoms with Crippen molar-refractivity contribution in [2.75, 3.05) is 13.2 Å². The molecule has 0 radical (unpaired) electrons. The lowest BCUT2D eigenvalue weighted by atomic mass is 10.2. The van der Waals surface area contributed by atoms with Crippen LogP contribution in [-0.4, -0.2) is 40.2 Å². The molecule has 1 unspecified atom stereocenters. The van der Waals surface area contributed by atoms with Crippen molar-refractivity contribution >= 4 is 5.91 Å². The molecular weight excluding hydrogens is 287 g/mol. The van der Waals surface area contributed by atoms with Crippen molar-refractivity contribution in [1.82, 2.24) is 20.3 Å². The van der Waals surface area contributed by atoms with Gasteiger partial charge in [0.15, 0.2) is 5.69 Å². The van der Waals surface area contributed by atoms with E-state index in [2.05, 4.69) is 15.6 Å². The lowest BCUT2D eigenvalue weighted by Crippen LogP contribution is -2.31. The van der Waals surface area contributed by atoms with E-state index < -0.39 is 0 Å². The molecule has 116 valence electrons. The highest BCUT2D eigenvalue weighted by Gasteiger charge is 2.18. The Morgan fingerprint density at radius 2 is 2.23 bits per heavy atom. The van der Waals surface area contributed by atoms with Crippen LogP contribution in [0.1, 0.15) is 28.9 Å². The third kappa shape index (κ3) is 3.67. The van der Waals surface area contributed by atoms with E-state index in [1.54, 1.807) is 23.0 Å². The molecule has 0 aliphatic carbocycles. The Labute approximate surface area is 127 Å². The van der Waals surface area contributed by atoms with Crippen LogP contribution in [0.5, 0.6) is 0 Å². The largest absolute Gasteiger partial charge is 0.376 e. The standard InChI is InChI=1S/C15H17FN4O2/c16-12-5-3-11(4-6-12)9-20-10-14(18-19-20)15(21)17-8-13-2-1-7-22-13/h3-6,10,13H,1-2,7-9H2,(H,17,21). The lowest BCUT2D eigenvalue weighted by molar-refractivity contribution is 0.0853. The van der Waals surface area contributed by atoms with Crippen molar-refractivity contribution in [2.45, 2.75) is 25.5 Å². The maximum Gasteiger partial charge on any atom is 0.273 e. The first-order valence-electron chi connectivity index (χ1n) is 7.25. The minimum atomic E-state index is -0.281. The zero-order valence-electron chi connectivity index (χ0n) is 12.0.